The largest absolute Gasteiger partial charge is 0.416 e. The number of hydrogen-bond donors (Lipinski definition) is 0. The van der Waals surface area contributed by atoms with Gasteiger partial charge in [0.25, 0.3) is 5.91 Å². The van der Waals surface area contributed by atoms with Gasteiger partial charge in [-0.3, -0.25) is 14.6 Å². The third kappa shape index (κ3) is 4.24. The third-order valence-corrected chi connectivity index (χ3v) is 6.13. The summed E-state index contributed by atoms with van der Waals surface area (Å²) < 4.78 is 38.4. The molecule has 1 aliphatic heterocycles. The van der Waals surface area contributed by atoms with Crippen molar-refractivity contribution in [1.82, 2.24) is 4.90 Å². The van der Waals surface area contributed by atoms with Crippen LogP contribution in [-0.4, -0.2) is 34.5 Å². The lowest BCUT2D eigenvalue weighted by molar-refractivity contribution is -0.137. The minimum absolute atomic E-state index is 0.131. The fourth-order valence-electron chi connectivity index (χ4n) is 4.23. The molecule has 0 unspecified atom stereocenters. The van der Waals surface area contributed by atoms with Crippen molar-refractivity contribution in [3.63, 3.8) is 0 Å². The molecule has 0 saturated heterocycles. The second-order valence-corrected chi connectivity index (χ2v) is 8.34. The molecule has 1 amide bonds. The highest BCUT2D eigenvalue weighted by Crippen LogP contribution is 2.40. The van der Waals surface area contributed by atoms with E-state index in [4.69, 9.17) is 16.6 Å². The van der Waals surface area contributed by atoms with Crippen LogP contribution < -0.4 is 0 Å². The molecule has 2 aromatic rings. The van der Waals surface area contributed by atoms with E-state index in [1.807, 2.05) is 0 Å². The van der Waals surface area contributed by atoms with Gasteiger partial charge in [0.15, 0.2) is 5.78 Å². The van der Waals surface area contributed by atoms with Crippen LogP contribution in [0.4, 0.5) is 13.2 Å². The van der Waals surface area contributed by atoms with E-state index in [1.54, 1.807) is 24.3 Å². The summed E-state index contributed by atoms with van der Waals surface area (Å²) in [5.74, 6) is -0.760. The van der Waals surface area contributed by atoms with Gasteiger partial charge >= 0.3 is 6.18 Å². The van der Waals surface area contributed by atoms with Gasteiger partial charge in [0.1, 0.15) is 11.4 Å². The number of benzene rings is 2. The first kappa shape index (κ1) is 21.6. The lowest BCUT2D eigenvalue weighted by Gasteiger charge is -2.38. The van der Waals surface area contributed by atoms with E-state index in [1.165, 1.54) is 4.90 Å². The summed E-state index contributed by atoms with van der Waals surface area (Å²) in [5.41, 5.74) is -0.556. The normalized spacial score (nSPS) is 18.4. The fraction of sp³-hybridized carbons (Fsp3) is 0.348. The molecule has 8 heteroatoms. The minimum Gasteiger partial charge on any atom is -0.305 e. The number of rotatable bonds is 4. The Bertz CT molecular complexity index is 1020. The number of carbonyl (C=O) groups excluding carboxylic acids is 2. The van der Waals surface area contributed by atoms with Crippen molar-refractivity contribution in [2.45, 2.75) is 43.9 Å². The van der Waals surface area contributed by atoms with Crippen LogP contribution in [0.1, 0.15) is 53.6 Å². The van der Waals surface area contributed by atoms with E-state index in [9.17, 15) is 22.8 Å². The molecule has 0 N–H and O–H groups in total. The van der Waals surface area contributed by atoms with Gasteiger partial charge < -0.3 is 4.90 Å². The maximum atomic E-state index is 13.3. The molecule has 4 rings (SSSR count). The van der Waals surface area contributed by atoms with Gasteiger partial charge in [-0.15, -0.1) is 0 Å². The summed E-state index contributed by atoms with van der Waals surface area (Å²) in [6, 6.07) is 10.9. The van der Waals surface area contributed by atoms with E-state index < -0.39 is 23.2 Å². The number of nitrogens with zero attached hydrogens (tertiary/aromatic N) is 2. The lowest BCUT2D eigenvalue weighted by Crippen LogP contribution is -2.50. The molecule has 162 valence electrons. The van der Waals surface area contributed by atoms with Crippen molar-refractivity contribution >= 4 is 29.0 Å². The standard InChI is InChI=1S/C23H20ClF3N2O2/c24-18-10-6-16(7-11-18)20-21(31)29(22(28-20)12-2-1-3-13-22)14-19(30)15-4-8-17(9-5-15)23(25,26)27/h4-11H,1-3,12-14H2. The highest BCUT2D eigenvalue weighted by atomic mass is 35.5. The summed E-state index contributed by atoms with van der Waals surface area (Å²) in [5, 5.41) is 0.538. The van der Waals surface area contributed by atoms with Crippen LogP contribution >= 0.6 is 11.6 Å². The van der Waals surface area contributed by atoms with E-state index in [0.29, 0.717) is 29.1 Å². The molecule has 0 aromatic heterocycles. The van der Waals surface area contributed by atoms with Gasteiger partial charge in [0, 0.05) is 16.1 Å². The van der Waals surface area contributed by atoms with E-state index in [-0.39, 0.29) is 18.0 Å². The Morgan fingerprint density at radius 3 is 2.19 bits per heavy atom. The SMILES string of the molecule is O=C(CN1C(=O)C(c2ccc(Cl)cc2)=NC12CCCCC2)c1ccc(C(F)(F)F)cc1. The first-order chi connectivity index (χ1) is 14.7. The van der Waals surface area contributed by atoms with Gasteiger partial charge in [-0.1, -0.05) is 42.3 Å². The van der Waals surface area contributed by atoms with Gasteiger partial charge in [-0.2, -0.15) is 13.2 Å². The van der Waals surface area contributed by atoms with Crippen molar-refractivity contribution < 1.29 is 22.8 Å². The molecule has 4 nitrogen and oxygen atoms in total. The number of ketones is 1. The predicted molar refractivity (Wildman–Crippen MR) is 111 cm³/mol. The molecule has 1 saturated carbocycles. The van der Waals surface area contributed by atoms with Gasteiger partial charge in [0.2, 0.25) is 0 Å². The zero-order valence-electron chi connectivity index (χ0n) is 16.6. The van der Waals surface area contributed by atoms with Crippen LogP contribution in [0.3, 0.4) is 0 Å². The quantitative estimate of drug-likeness (QED) is 0.577. The zero-order valence-corrected chi connectivity index (χ0v) is 17.3. The summed E-state index contributed by atoms with van der Waals surface area (Å²) in [7, 11) is 0. The predicted octanol–water partition coefficient (Wildman–Crippen LogP) is 5.53. The third-order valence-electron chi connectivity index (χ3n) is 5.88. The van der Waals surface area contributed by atoms with Gasteiger partial charge in [0.05, 0.1) is 12.1 Å². The molecular formula is C23H20ClF3N2O2. The Labute approximate surface area is 182 Å². The van der Waals surface area contributed by atoms with Crippen molar-refractivity contribution in [2.24, 2.45) is 4.99 Å². The van der Waals surface area contributed by atoms with Crippen molar-refractivity contribution in [3.8, 4) is 0 Å². The van der Waals surface area contributed by atoms with Crippen LogP contribution in [-0.2, 0) is 11.0 Å². The van der Waals surface area contributed by atoms with Crippen molar-refractivity contribution in [3.05, 3.63) is 70.2 Å². The monoisotopic (exact) mass is 448 g/mol. The van der Waals surface area contributed by atoms with Crippen molar-refractivity contribution in [2.75, 3.05) is 6.54 Å². The molecule has 1 aliphatic carbocycles. The summed E-state index contributed by atoms with van der Waals surface area (Å²) in [6.45, 7) is -0.231. The average molecular weight is 449 g/mol. The van der Waals surface area contributed by atoms with E-state index >= 15 is 0 Å². The Balaban J connectivity index is 1.61. The number of alkyl halides is 3. The van der Waals surface area contributed by atoms with Crippen LogP contribution in [0.2, 0.25) is 5.02 Å². The van der Waals surface area contributed by atoms with Crippen LogP contribution in [0.15, 0.2) is 53.5 Å². The Morgan fingerprint density at radius 1 is 1.00 bits per heavy atom. The van der Waals surface area contributed by atoms with Gasteiger partial charge in [-0.25, -0.2) is 0 Å². The Kier molecular flexibility index (Phi) is 5.64. The molecular weight excluding hydrogens is 429 g/mol. The number of carbonyl (C=O) groups is 2. The van der Waals surface area contributed by atoms with E-state index in [2.05, 4.69) is 0 Å². The zero-order chi connectivity index (χ0) is 22.2. The van der Waals surface area contributed by atoms with E-state index in [0.717, 1.165) is 43.5 Å². The minimum atomic E-state index is -4.47. The first-order valence-electron chi connectivity index (χ1n) is 10.1. The van der Waals surface area contributed by atoms with Crippen molar-refractivity contribution in [1.29, 1.82) is 0 Å². The topological polar surface area (TPSA) is 49.7 Å². The fourth-order valence-corrected chi connectivity index (χ4v) is 4.35. The second-order valence-electron chi connectivity index (χ2n) is 7.90. The highest BCUT2D eigenvalue weighted by Gasteiger charge is 2.48. The van der Waals surface area contributed by atoms with Crippen LogP contribution in [0.25, 0.3) is 0 Å². The summed E-state index contributed by atoms with van der Waals surface area (Å²) >= 11 is 5.95. The summed E-state index contributed by atoms with van der Waals surface area (Å²) in [6.07, 6.45) is -0.375. The number of amides is 1. The molecule has 1 fully saturated rings. The molecule has 31 heavy (non-hydrogen) atoms. The lowest BCUT2D eigenvalue weighted by atomic mass is 9.88. The number of aliphatic imine (C=N–C) groups is 1. The number of hydrogen-bond acceptors (Lipinski definition) is 3. The maximum Gasteiger partial charge on any atom is 0.416 e. The Hall–Kier alpha value is -2.67. The Morgan fingerprint density at radius 2 is 1.61 bits per heavy atom. The van der Waals surface area contributed by atoms with Crippen LogP contribution in [0.5, 0.6) is 0 Å². The number of Topliss-reactive ketones (excluding diaryl/α,β-unsaturated/α-hetero) is 1. The molecule has 1 spiro atoms. The second kappa shape index (κ2) is 8.11. The molecule has 0 atom stereocenters. The van der Waals surface area contributed by atoms with Crippen LogP contribution in [0, 0.1) is 0 Å². The molecule has 1 heterocycles. The molecule has 2 aromatic carbocycles. The maximum absolute atomic E-state index is 13.3. The molecule has 2 aliphatic rings. The first-order valence-corrected chi connectivity index (χ1v) is 10.5. The van der Waals surface area contributed by atoms with Gasteiger partial charge in [-0.05, 0) is 49.9 Å². The summed E-state index contributed by atoms with van der Waals surface area (Å²) in [4.78, 5) is 32.4. The smallest absolute Gasteiger partial charge is 0.305 e. The molecule has 0 bridgehead atoms. The number of halogens is 4. The molecule has 0 radical (unpaired) electrons. The highest BCUT2D eigenvalue weighted by molar-refractivity contribution is 6.47. The average Bonchev–Trinajstić information content (AvgIpc) is 3.00.